The molecule has 0 saturated carbocycles. The number of likely N-dealkylation sites (N-methyl/N-ethyl adjacent to an activating group) is 1. The Labute approximate surface area is 129 Å². The van der Waals surface area contributed by atoms with Crippen LogP contribution in [0.1, 0.15) is 0 Å². The van der Waals surface area contributed by atoms with Crippen LogP contribution in [0, 0.1) is 17.5 Å². The Morgan fingerprint density at radius 2 is 1.78 bits per heavy atom. The molecule has 0 bridgehead atoms. The predicted molar refractivity (Wildman–Crippen MR) is 77.9 cm³/mol. The van der Waals surface area contributed by atoms with E-state index in [0.29, 0.717) is 24.6 Å². The van der Waals surface area contributed by atoms with E-state index in [4.69, 9.17) is 0 Å². The van der Waals surface area contributed by atoms with Gasteiger partial charge in [-0.1, -0.05) is 0 Å². The number of hydrogen-bond donors (Lipinski definition) is 0. The van der Waals surface area contributed by atoms with Gasteiger partial charge in [0.05, 0.1) is 5.52 Å². The molecule has 1 saturated heterocycles. The van der Waals surface area contributed by atoms with Crippen LogP contribution < -0.4 is 4.90 Å². The third-order valence-corrected chi connectivity index (χ3v) is 4.14. The van der Waals surface area contributed by atoms with Crippen molar-refractivity contribution in [2.75, 3.05) is 38.1 Å². The molecule has 9 heteroatoms. The molecule has 1 aliphatic heterocycles. The van der Waals surface area contributed by atoms with Gasteiger partial charge >= 0.3 is 0 Å². The van der Waals surface area contributed by atoms with Crippen molar-refractivity contribution in [3.05, 3.63) is 29.8 Å². The van der Waals surface area contributed by atoms with Gasteiger partial charge in [-0.15, -0.1) is 10.2 Å². The summed E-state index contributed by atoms with van der Waals surface area (Å²) in [6.07, 6.45) is 1.34. The van der Waals surface area contributed by atoms with Crippen LogP contribution >= 0.6 is 0 Å². The van der Waals surface area contributed by atoms with Crippen LogP contribution in [-0.2, 0) is 0 Å². The molecule has 6 nitrogen and oxygen atoms in total. The molecule has 0 amide bonds. The van der Waals surface area contributed by atoms with Crippen LogP contribution in [0.5, 0.6) is 0 Å². The van der Waals surface area contributed by atoms with Gasteiger partial charge in [-0.2, -0.15) is 0 Å². The molecule has 0 N–H and O–H groups in total. The number of fused-ring (bicyclic) bond motifs is 3. The van der Waals surface area contributed by atoms with Crippen LogP contribution in [0.2, 0.25) is 0 Å². The lowest BCUT2D eigenvalue weighted by Gasteiger charge is -2.33. The number of anilines is 1. The van der Waals surface area contributed by atoms with Gasteiger partial charge in [0.25, 0.3) is 0 Å². The first kappa shape index (κ1) is 14.2. The fourth-order valence-electron chi connectivity index (χ4n) is 2.81. The lowest BCUT2D eigenvalue weighted by atomic mass is 10.2. The maximum Gasteiger partial charge on any atom is 0.204 e. The summed E-state index contributed by atoms with van der Waals surface area (Å²) >= 11 is 0. The zero-order valence-electron chi connectivity index (χ0n) is 12.3. The third-order valence-electron chi connectivity index (χ3n) is 4.14. The van der Waals surface area contributed by atoms with Crippen molar-refractivity contribution in [1.29, 1.82) is 0 Å². The molecule has 3 aromatic rings. The summed E-state index contributed by atoms with van der Waals surface area (Å²) in [5.41, 5.74) is 0.261. The molecule has 2 aromatic heterocycles. The molecule has 0 spiro atoms. The van der Waals surface area contributed by atoms with Crippen LogP contribution in [0.3, 0.4) is 0 Å². The zero-order chi connectivity index (χ0) is 16.1. The topological polar surface area (TPSA) is 49.6 Å². The highest BCUT2D eigenvalue weighted by Gasteiger charge is 2.23. The fraction of sp³-hybridized carbons (Fsp3) is 0.357. The smallest absolute Gasteiger partial charge is 0.204 e. The Kier molecular flexibility index (Phi) is 3.12. The van der Waals surface area contributed by atoms with Gasteiger partial charge < -0.3 is 9.80 Å². The van der Waals surface area contributed by atoms with E-state index in [0.717, 1.165) is 19.2 Å². The molecule has 1 aromatic carbocycles. The van der Waals surface area contributed by atoms with E-state index in [-0.39, 0.29) is 11.0 Å². The van der Waals surface area contributed by atoms with Crippen molar-refractivity contribution in [2.24, 2.45) is 0 Å². The molecule has 0 unspecified atom stereocenters. The van der Waals surface area contributed by atoms with E-state index in [2.05, 4.69) is 20.1 Å². The molecule has 1 fully saturated rings. The number of benzene rings is 1. The molecule has 1 aliphatic rings. The Bertz CT molecular complexity index is 901. The van der Waals surface area contributed by atoms with Gasteiger partial charge in [0.2, 0.25) is 5.65 Å². The van der Waals surface area contributed by atoms with Crippen LogP contribution in [0.15, 0.2) is 12.4 Å². The number of rotatable bonds is 1. The number of piperazine rings is 1. The molecule has 23 heavy (non-hydrogen) atoms. The standard InChI is InChI=1S/C14H13F3N6/c1-21-2-4-22(5-3-21)13-14-20-18-7-23(14)9-6-8(15)10(16)11(17)12(9)19-13/h6-7H,2-5H2,1H3. The summed E-state index contributed by atoms with van der Waals surface area (Å²) in [5.74, 6) is -3.67. The monoisotopic (exact) mass is 322 g/mol. The van der Waals surface area contributed by atoms with Crippen LogP contribution in [-0.4, -0.2) is 57.7 Å². The molecular formula is C14H13F3N6. The summed E-state index contributed by atoms with van der Waals surface area (Å²) in [7, 11) is 2.01. The maximum absolute atomic E-state index is 14.1. The molecule has 0 radical (unpaired) electrons. The van der Waals surface area contributed by atoms with Gasteiger partial charge in [0, 0.05) is 32.2 Å². The average Bonchev–Trinajstić information content (AvgIpc) is 3.03. The number of aromatic nitrogens is 4. The molecule has 3 heterocycles. The van der Waals surface area contributed by atoms with Crippen LogP contribution in [0.4, 0.5) is 19.0 Å². The minimum Gasteiger partial charge on any atom is -0.351 e. The van der Waals surface area contributed by atoms with E-state index < -0.39 is 17.5 Å². The molecular weight excluding hydrogens is 309 g/mol. The quantitative estimate of drug-likeness (QED) is 0.635. The van der Waals surface area contributed by atoms with Gasteiger partial charge in [-0.3, -0.25) is 4.40 Å². The number of halogens is 3. The SMILES string of the molecule is CN1CCN(c2nc3c(F)c(F)c(F)cc3n3cnnc23)CC1. The Balaban J connectivity index is 1.98. The summed E-state index contributed by atoms with van der Waals surface area (Å²) < 4.78 is 42.7. The minimum atomic E-state index is -1.53. The van der Waals surface area contributed by atoms with Gasteiger partial charge in [0.15, 0.2) is 23.3 Å². The highest BCUT2D eigenvalue weighted by molar-refractivity contribution is 5.83. The Morgan fingerprint density at radius 1 is 1.04 bits per heavy atom. The minimum absolute atomic E-state index is 0.0966. The molecule has 0 atom stereocenters. The van der Waals surface area contributed by atoms with Crippen molar-refractivity contribution in [1.82, 2.24) is 24.5 Å². The summed E-state index contributed by atoms with van der Waals surface area (Å²) in [5, 5.41) is 7.80. The van der Waals surface area contributed by atoms with Gasteiger partial charge in [-0.25, -0.2) is 18.2 Å². The number of hydrogen-bond acceptors (Lipinski definition) is 5. The second-order valence-corrected chi connectivity index (χ2v) is 5.60. The van der Waals surface area contributed by atoms with E-state index >= 15 is 0 Å². The highest BCUT2D eigenvalue weighted by Crippen LogP contribution is 2.27. The normalized spacial score (nSPS) is 16.6. The largest absolute Gasteiger partial charge is 0.351 e. The van der Waals surface area contributed by atoms with E-state index in [1.165, 1.54) is 10.7 Å². The Hall–Kier alpha value is -2.42. The maximum atomic E-state index is 14.1. The average molecular weight is 322 g/mol. The van der Waals surface area contributed by atoms with Crippen molar-refractivity contribution in [3.63, 3.8) is 0 Å². The van der Waals surface area contributed by atoms with Crippen molar-refractivity contribution in [3.8, 4) is 0 Å². The first-order valence-electron chi connectivity index (χ1n) is 7.16. The zero-order valence-corrected chi connectivity index (χ0v) is 12.3. The van der Waals surface area contributed by atoms with Gasteiger partial charge in [-0.05, 0) is 7.05 Å². The van der Waals surface area contributed by atoms with Crippen molar-refractivity contribution in [2.45, 2.75) is 0 Å². The van der Waals surface area contributed by atoms with E-state index in [9.17, 15) is 13.2 Å². The Morgan fingerprint density at radius 3 is 2.52 bits per heavy atom. The highest BCUT2D eigenvalue weighted by atomic mass is 19.2. The first-order chi connectivity index (χ1) is 11.1. The third kappa shape index (κ3) is 2.11. The summed E-state index contributed by atoms with van der Waals surface area (Å²) in [4.78, 5) is 8.34. The molecule has 4 rings (SSSR count). The van der Waals surface area contributed by atoms with Crippen LogP contribution in [0.25, 0.3) is 16.7 Å². The second-order valence-electron chi connectivity index (χ2n) is 5.60. The fourth-order valence-corrected chi connectivity index (χ4v) is 2.81. The number of nitrogens with zero attached hydrogens (tertiary/aromatic N) is 6. The predicted octanol–water partition coefficient (Wildman–Crippen LogP) is 1.45. The lowest BCUT2D eigenvalue weighted by Crippen LogP contribution is -2.45. The molecule has 120 valence electrons. The second kappa shape index (κ2) is 5.05. The lowest BCUT2D eigenvalue weighted by molar-refractivity contribution is 0.312. The van der Waals surface area contributed by atoms with Crippen molar-refractivity contribution >= 4 is 22.5 Å². The van der Waals surface area contributed by atoms with E-state index in [1.807, 2.05) is 11.9 Å². The summed E-state index contributed by atoms with van der Waals surface area (Å²) in [6.45, 7) is 3.01. The first-order valence-corrected chi connectivity index (χ1v) is 7.16. The van der Waals surface area contributed by atoms with Crippen molar-refractivity contribution < 1.29 is 13.2 Å². The molecule has 0 aliphatic carbocycles. The summed E-state index contributed by atoms with van der Waals surface area (Å²) in [6, 6.07) is 0.908. The van der Waals surface area contributed by atoms with Gasteiger partial charge in [0.1, 0.15) is 11.8 Å². The van der Waals surface area contributed by atoms with E-state index in [1.54, 1.807) is 0 Å².